The molecule has 8 aromatic carbocycles. The Hall–Kier alpha value is -7.89. The molecule has 4 heterocycles. The lowest BCUT2D eigenvalue weighted by molar-refractivity contribution is 0.483. The third kappa shape index (κ3) is 7.26. The number of aromatic nitrogens is 3. The molecule has 344 valence electrons. The zero-order valence-electron chi connectivity index (χ0n) is 42.3. The first kappa shape index (κ1) is 42.2. The van der Waals surface area contributed by atoms with Crippen LogP contribution >= 0.6 is 0 Å². The predicted octanol–water partition coefficient (Wildman–Crippen LogP) is 18.0. The van der Waals surface area contributed by atoms with E-state index in [4.69, 9.17) is 9.72 Å². The summed E-state index contributed by atoms with van der Waals surface area (Å²) in [4.78, 5) is 7.35. The van der Waals surface area contributed by atoms with Gasteiger partial charge in [0.15, 0.2) is 0 Å². The van der Waals surface area contributed by atoms with Crippen LogP contribution in [0.3, 0.4) is 0 Å². The van der Waals surface area contributed by atoms with Gasteiger partial charge in [0, 0.05) is 52.5 Å². The van der Waals surface area contributed by atoms with Crippen LogP contribution in [0.2, 0.25) is 0 Å². The first-order valence-electron chi connectivity index (χ1n) is 25.0. The summed E-state index contributed by atoms with van der Waals surface area (Å²) < 4.78 is 21.0. The van der Waals surface area contributed by atoms with E-state index in [1.807, 2.05) is 20.0 Å². The molecule has 0 saturated carbocycles. The smallest absolute Gasteiger partial charge is 0.137 e. The zero-order valence-corrected chi connectivity index (χ0v) is 41.3. The zero-order chi connectivity index (χ0) is 49.0. The standard InChI is InChI=1S/C65H58N4O/c1-41(2)42-34-43(36-45(35-42)65(6,7)8)49-25-16-26-56-52-22-11-9-20-50(52)51-21-10-12-23-53(51)57-27-17-29-59-63(57)68(62(49)56)40-67(59)46-18-15-19-47(38-46)70-48-30-31-55-54-24-13-14-28-58(54)69(60(55)39-48)61-37-44(32-33-66-61)64(3,4)5/h9-39,41H,40H2,1-8H3/i41D. The van der Waals surface area contributed by atoms with Crippen molar-refractivity contribution < 1.29 is 6.11 Å². The molecule has 0 aliphatic carbocycles. The Morgan fingerprint density at radius 3 is 1.81 bits per heavy atom. The highest BCUT2D eigenvalue weighted by atomic mass is 16.5. The molecule has 11 aromatic rings. The van der Waals surface area contributed by atoms with Crippen molar-refractivity contribution in [2.45, 2.75) is 78.8 Å². The molecule has 3 aromatic heterocycles. The highest BCUT2D eigenvalue weighted by Gasteiger charge is 2.27. The Labute approximate surface area is 412 Å². The summed E-state index contributed by atoms with van der Waals surface area (Å²) in [5, 5.41) is 9.43. The van der Waals surface area contributed by atoms with E-state index in [1.165, 1.54) is 43.4 Å². The molecule has 0 fully saturated rings. The topological polar surface area (TPSA) is 35.2 Å². The van der Waals surface area contributed by atoms with Gasteiger partial charge in [0.25, 0.3) is 0 Å². The van der Waals surface area contributed by atoms with Gasteiger partial charge in [-0.15, -0.1) is 0 Å². The summed E-state index contributed by atoms with van der Waals surface area (Å²) in [6.45, 7) is 18.1. The van der Waals surface area contributed by atoms with E-state index in [2.05, 4.69) is 238 Å². The Kier molecular flexibility index (Phi) is 9.88. The summed E-state index contributed by atoms with van der Waals surface area (Å²) in [7, 11) is 0. The van der Waals surface area contributed by atoms with Crippen LogP contribution in [-0.4, -0.2) is 14.1 Å². The third-order valence-corrected chi connectivity index (χ3v) is 14.4. The Morgan fingerprint density at radius 2 is 1.11 bits per heavy atom. The van der Waals surface area contributed by atoms with E-state index in [-0.39, 0.29) is 10.8 Å². The fourth-order valence-electron chi connectivity index (χ4n) is 10.8. The maximum atomic E-state index is 9.27. The van der Waals surface area contributed by atoms with E-state index in [9.17, 15) is 1.37 Å². The summed E-state index contributed by atoms with van der Waals surface area (Å²) in [5.74, 6) is 1.60. The van der Waals surface area contributed by atoms with E-state index in [1.54, 1.807) is 0 Å². The van der Waals surface area contributed by atoms with Gasteiger partial charge in [-0.05, 0) is 109 Å². The third-order valence-electron chi connectivity index (χ3n) is 14.4. The number of hydrogen-bond acceptors (Lipinski definition) is 3. The first-order valence-corrected chi connectivity index (χ1v) is 24.5. The van der Waals surface area contributed by atoms with Crippen LogP contribution in [0.5, 0.6) is 11.5 Å². The minimum absolute atomic E-state index is 0.0246. The Bertz CT molecular complexity index is 3990. The second kappa shape index (κ2) is 16.4. The summed E-state index contributed by atoms with van der Waals surface area (Å²) in [5.41, 5.74) is 12.1. The number of benzene rings is 8. The maximum absolute atomic E-state index is 9.27. The number of pyridine rings is 1. The maximum Gasteiger partial charge on any atom is 0.137 e. The number of anilines is 2. The fourth-order valence-corrected chi connectivity index (χ4v) is 10.8. The van der Waals surface area contributed by atoms with E-state index >= 15 is 0 Å². The summed E-state index contributed by atoms with van der Waals surface area (Å²) >= 11 is 0. The van der Waals surface area contributed by atoms with Crippen molar-refractivity contribution in [3.05, 3.63) is 205 Å². The molecule has 5 heteroatoms. The fraction of sp³-hybridized carbons (Fsp3) is 0.185. The molecule has 0 radical (unpaired) electrons. The predicted molar refractivity (Wildman–Crippen MR) is 296 cm³/mol. The summed E-state index contributed by atoms with van der Waals surface area (Å²) in [6.07, 6.45) is 1.92. The number of rotatable bonds is 6. The molecule has 0 N–H and O–H groups in total. The van der Waals surface area contributed by atoms with Gasteiger partial charge in [-0.1, -0.05) is 177 Å². The van der Waals surface area contributed by atoms with E-state index in [0.29, 0.717) is 6.67 Å². The second-order valence-electron chi connectivity index (χ2n) is 21.3. The minimum atomic E-state index is -0.790. The van der Waals surface area contributed by atoms with Gasteiger partial charge in [-0.2, -0.15) is 0 Å². The van der Waals surface area contributed by atoms with Crippen LogP contribution in [-0.2, 0) is 17.5 Å². The van der Waals surface area contributed by atoms with Gasteiger partial charge in [-0.25, -0.2) is 4.98 Å². The number of para-hydroxylation sites is 3. The van der Waals surface area contributed by atoms with Gasteiger partial charge in [0.1, 0.15) is 24.0 Å². The molecule has 0 bridgehead atoms. The first-order chi connectivity index (χ1) is 34.1. The average Bonchev–Trinajstić information content (AvgIpc) is 3.92. The van der Waals surface area contributed by atoms with Crippen LogP contribution in [0.25, 0.3) is 82.1 Å². The van der Waals surface area contributed by atoms with Crippen molar-refractivity contribution in [1.82, 2.24) is 14.1 Å². The molecular weight excluding hydrogens is 853 g/mol. The number of nitrogens with zero attached hydrogens (tertiary/aromatic N) is 4. The van der Waals surface area contributed by atoms with Gasteiger partial charge < -0.3 is 14.2 Å². The quantitative estimate of drug-likeness (QED) is 0.167. The lowest BCUT2D eigenvalue weighted by Crippen LogP contribution is -2.15. The van der Waals surface area contributed by atoms with Crippen molar-refractivity contribution in [2.24, 2.45) is 0 Å². The molecule has 1 aliphatic heterocycles. The molecule has 12 rings (SSSR count). The number of fused-ring (bicyclic) bond motifs is 10. The minimum Gasteiger partial charge on any atom is -0.457 e. The molecule has 0 unspecified atom stereocenters. The number of hydrogen-bond donors (Lipinski definition) is 0. The van der Waals surface area contributed by atoms with Crippen LogP contribution in [0, 0.1) is 0 Å². The second-order valence-corrected chi connectivity index (χ2v) is 21.3. The Morgan fingerprint density at radius 1 is 0.514 bits per heavy atom. The molecular formula is C65H58N4O. The molecule has 0 amide bonds. The molecule has 70 heavy (non-hydrogen) atoms. The summed E-state index contributed by atoms with van der Waals surface area (Å²) in [6, 6.07) is 65.9. The lowest BCUT2D eigenvalue weighted by atomic mass is 9.82. The molecule has 0 saturated heterocycles. The van der Waals surface area contributed by atoms with Crippen molar-refractivity contribution in [3.8, 4) is 28.4 Å². The van der Waals surface area contributed by atoms with E-state index < -0.39 is 5.89 Å². The highest BCUT2D eigenvalue weighted by Crippen LogP contribution is 2.46. The van der Waals surface area contributed by atoms with Crippen LogP contribution in [0.4, 0.5) is 11.4 Å². The van der Waals surface area contributed by atoms with Gasteiger partial charge >= 0.3 is 0 Å². The normalized spacial score (nSPS) is 13.3. The highest BCUT2D eigenvalue weighted by molar-refractivity contribution is 6.22. The monoisotopic (exact) mass is 911 g/mol. The van der Waals surface area contributed by atoms with Crippen molar-refractivity contribution in [1.29, 1.82) is 0 Å². The van der Waals surface area contributed by atoms with Crippen molar-refractivity contribution in [2.75, 3.05) is 4.90 Å². The molecule has 1 aliphatic rings. The van der Waals surface area contributed by atoms with Crippen LogP contribution in [0.1, 0.15) is 79.3 Å². The van der Waals surface area contributed by atoms with E-state index in [0.717, 1.165) is 78.2 Å². The average molecular weight is 912 g/mol. The molecule has 5 nitrogen and oxygen atoms in total. The molecule has 0 atom stereocenters. The van der Waals surface area contributed by atoms with Gasteiger partial charge in [0.2, 0.25) is 0 Å². The van der Waals surface area contributed by atoms with Gasteiger partial charge in [0.05, 0.1) is 27.8 Å². The van der Waals surface area contributed by atoms with Crippen molar-refractivity contribution >= 4 is 76.5 Å². The van der Waals surface area contributed by atoms with Gasteiger partial charge in [-0.3, -0.25) is 4.57 Å². The van der Waals surface area contributed by atoms with Crippen LogP contribution < -0.4 is 9.64 Å². The van der Waals surface area contributed by atoms with Crippen molar-refractivity contribution in [3.63, 3.8) is 0 Å². The van der Waals surface area contributed by atoms with Crippen LogP contribution in [0.15, 0.2) is 188 Å². The largest absolute Gasteiger partial charge is 0.457 e. The lowest BCUT2D eigenvalue weighted by Gasteiger charge is -2.23. The number of ether oxygens (including phenoxy) is 1. The molecule has 0 spiro atoms. The SMILES string of the molecule is [2H]C(C)(C)c1cc(-c2cccc3c4ccccc4c4ccccc4c4cccc5c4n(c23)CN5c2cccc(Oc3ccc4c5ccccc5n(-c5cc(C(C)(C)C)ccn5)c4c3)c2)cc(C(C)(C)C)c1. The Balaban J connectivity index is 1.06.